The van der Waals surface area contributed by atoms with Crippen molar-refractivity contribution in [2.45, 2.75) is 105 Å². The fourth-order valence-corrected chi connectivity index (χ4v) is 6.93. The van der Waals surface area contributed by atoms with Gasteiger partial charge in [-0.15, -0.1) is 0 Å². The van der Waals surface area contributed by atoms with Crippen LogP contribution in [0.15, 0.2) is 12.2 Å². The molecule has 1 aliphatic heterocycles. The Hall–Kier alpha value is -2.64. The SMILES string of the molecule is C/C=C/C(=O)CC[C@H](CC(=O)CC(C)(C)C)C(=O)N1CC2[C@@H]([C@H]1C(=O)CC(CC1CCC1)C(=O)C(N)=O)C2(C)C. The molecule has 3 rings (SSSR count). The summed E-state index contributed by atoms with van der Waals surface area (Å²) < 4.78 is 0. The highest BCUT2D eigenvalue weighted by atomic mass is 16.2. The highest BCUT2D eigenvalue weighted by Gasteiger charge is 2.69. The molecule has 2 unspecified atom stereocenters. The van der Waals surface area contributed by atoms with Crippen molar-refractivity contribution >= 4 is 34.9 Å². The van der Waals surface area contributed by atoms with Crippen LogP contribution in [-0.2, 0) is 28.8 Å². The summed E-state index contributed by atoms with van der Waals surface area (Å²) >= 11 is 0. The number of nitrogens with zero attached hydrogens (tertiary/aromatic N) is 1. The van der Waals surface area contributed by atoms with Gasteiger partial charge in [-0.3, -0.25) is 28.8 Å². The molecule has 3 fully saturated rings. The largest absolute Gasteiger partial charge is 0.363 e. The van der Waals surface area contributed by atoms with E-state index in [1.165, 1.54) is 6.08 Å². The lowest BCUT2D eigenvalue weighted by atomic mass is 9.76. The Morgan fingerprint density at radius 2 is 1.68 bits per heavy atom. The summed E-state index contributed by atoms with van der Waals surface area (Å²) in [5.41, 5.74) is 4.99. The van der Waals surface area contributed by atoms with Crippen LogP contribution in [0, 0.1) is 40.4 Å². The normalized spacial score (nSPS) is 25.1. The molecule has 0 aromatic heterocycles. The van der Waals surface area contributed by atoms with Crippen LogP contribution in [0.25, 0.3) is 0 Å². The van der Waals surface area contributed by atoms with Gasteiger partial charge in [-0.1, -0.05) is 60.0 Å². The minimum Gasteiger partial charge on any atom is -0.363 e. The van der Waals surface area contributed by atoms with Crippen LogP contribution in [0.5, 0.6) is 0 Å². The molecule has 222 valence electrons. The maximum Gasteiger partial charge on any atom is 0.285 e. The quantitative estimate of drug-likeness (QED) is 0.237. The number of allylic oxidation sites excluding steroid dienone is 2. The summed E-state index contributed by atoms with van der Waals surface area (Å²) in [7, 11) is 0. The summed E-state index contributed by atoms with van der Waals surface area (Å²) in [6.45, 7) is 12.2. The molecule has 0 spiro atoms. The number of fused-ring (bicyclic) bond motifs is 1. The molecule has 0 aromatic rings. The molecule has 3 aliphatic rings. The Morgan fingerprint density at radius 3 is 2.20 bits per heavy atom. The molecule has 2 amide bonds. The lowest BCUT2D eigenvalue weighted by Gasteiger charge is -2.34. The second-order valence-corrected chi connectivity index (χ2v) is 14.2. The molecule has 1 heterocycles. The number of primary amides is 1. The third-order valence-corrected chi connectivity index (χ3v) is 9.37. The number of piperidine rings is 1. The van der Waals surface area contributed by atoms with E-state index in [9.17, 15) is 28.8 Å². The summed E-state index contributed by atoms with van der Waals surface area (Å²) in [4.78, 5) is 79.2. The topological polar surface area (TPSA) is 132 Å². The summed E-state index contributed by atoms with van der Waals surface area (Å²) in [6.07, 6.45) is 7.21. The number of rotatable bonds is 15. The van der Waals surface area contributed by atoms with Crippen LogP contribution in [0.1, 0.15) is 99.3 Å². The molecule has 2 saturated carbocycles. The highest BCUT2D eigenvalue weighted by Crippen LogP contribution is 2.65. The van der Waals surface area contributed by atoms with Gasteiger partial charge in [0, 0.05) is 44.1 Å². The number of carbonyl (C=O) groups excluding carboxylic acids is 6. The second-order valence-electron chi connectivity index (χ2n) is 14.2. The number of ketones is 4. The van der Waals surface area contributed by atoms with Crippen molar-refractivity contribution in [3.63, 3.8) is 0 Å². The first-order valence-electron chi connectivity index (χ1n) is 14.9. The molecule has 1 saturated heterocycles. The van der Waals surface area contributed by atoms with Gasteiger partial charge in [0.05, 0.1) is 6.04 Å². The number of likely N-dealkylation sites (tertiary alicyclic amines) is 1. The number of hydrogen-bond donors (Lipinski definition) is 1. The zero-order valence-corrected chi connectivity index (χ0v) is 25.2. The molecule has 8 nitrogen and oxygen atoms in total. The second kappa shape index (κ2) is 12.5. The fourth-order valence-electron chi connectivity index (χ4n) is 6.93. The molecule has 0 aromatic carbocycles. The predicted molar refractivity (Wildman–Crippen MR) is 152 cm³/mol. The maximum absolute atomic E-state index is 14.0. The van der Waals surface area contributed by atoms with Crippen molar-refractivity contribution in [3.8, 4) is 0 Å². The van der Waals surface area contributed by atoms with Crippen LogP contribution in [0.4, 0.5) is 0 Å². The number of Topliss-reactive ketones (excluding diaryl/α,β-unsaturated/α-hetero) is 3. The van der Waals surface area contributed by atoms with Crippen molar-refractivity contribution < 1.29 is 28.8 Å². The van der Waals surface area contributed by atoms with Crippen molar-refractivity contribution in [1.29, 1.82) is 0 Å². The minimum atomic E-state index is -1.02. The van der Waals surface area contributed by atoms with Gasteiger partial charge < -0.3 is 10.6 Å². The standard InChI is InChI=1S/C32H48N2O6/c1-7-9-22(35)13-12-20(15-23(36)17-31(2,3)4)30(40)34-18-24-26(32(24,5)6)27(34)25(37)16-21(28(38)29(33)39)14-19-10-8-11-19/h7,9,19-21,24,26-27H,8,10-18H2,1-6H3,(H2,33,39)/b9-7+/t20-,21?,24?,26+,27-/m1/s1. The molecular weight excluding hydrogens is 508 g/mol. The van der Waals surface area contributed by atoms with Crippen molar-refractivity contribution in [2.75, 3.05) is 6.54 Å². The van der Waals surface area contributed by atoms with Gasteiger partial charge in [0.2, 0.25) is 11.7 Å². The lowest BCUT2D eigenvalue weighted by Crippen LogP contribution is -2.49. The van der Waals surface area contributed by atoms with Gasteiger partial charge in [-0.2, -0.15) is 0 Å². The van der Waals surface area contributed by atoms with Crippen LogP contribution < -0.4 is 5.73 Å². The van der Waals surface area contributed by atoms with E-state index in [1.54, 1.807) is 17.9 Å². The predicted octanol–water partition coefficient (Wildman–Crippen LogP) is 4.23. The molecule has 5 atom stereocenters. The first kappa shape index (κ1) is 31.9. The molecule has 0 bridgehead atoms. The first-order chi connectivity index (χ1) is 18.6. The zero-order chi connectivity index (χ0) is 30.0. The highest BCUT2D eigenvalue weighted by molar-refractivity contribution is 6.36. The van der Waals surface area contributed by atoms with E-state index >= 15 is 0 Å². The Bertz CT molecular complexity index is 1060. The number of hydrogen-bond acceptors (Lipinski definition) is 6. The van der Waals surface area contributed by atoms with E-state index in [4.69, 9.17) is 5.73 Å². The molecular formula is C32H48N2O6. The van der Waals surface area contributed by atoms with Crippen molar-refractivity contribution in [2.24, 2.45) is 46.2 Å². The summed E-state index contributed by atoms with van der Waals surface area (Å²) in [5, 5.41) is 0. The Morgan fingerprint density at radius 1 is 1.02 bits per heavy atom. The van der Waals surface area contributed by atoms with Gasteiger partial charge in [0.25, 0.3) is 5.91 Å². The van der Waals surface area contributed by atoms with E-state index in [1.807, 2.05) is 20.8 Å². The number of carbonyl (C=O) groups is 6. The van der Waals surface area contributed by atoms with Crippen molar-refractivity contribution in [3.05, 3.63) is 12.2 Å². The third kappa shape index (κ3) is 7.55. The zero-order valence-electron chi connectivity index (χ0n) is 25.2. The van der Waals surface area contributed by atoms with Gasteiger partial charge >= 0.3 is 0 Å². The van der Waals surface area contributed by atoms with Crippen LogP contribution >= 0.6 is 0 Å². The lowest BCUT2D eigenvalue weighted by molar-refractivity contribution is -0.146. The monoisotopic (exact) mass is 556 g/mol. The molecule has 2 N–H and O–H groups in total. The van der Waals surface area contributed by atoms with Gasteiger partial charge in [0.1, 0.15) is 5.78 Å². The van der Waals surface area contributed by atoms with Crippen LogP contribution in [0.2, 0.25) is 0 Å². The Kier molecular flexibility index (Phi) is 9.95. The van der Waals surface area contributed by atoms with Gasteiger partial charge in [-0.25, -0.2) is 0 Å². The number of nitrogens with two attached hydrogens (primary N) is 1. The van der Waals surface area contributed by atoms with Crippen LogP contribution in [-0.4, -0.2) is 52.4 Å². The Labute approximate surface area is 238 Å². The van der Waals surface area contributed by atoms with Crippen molar-refractivity contribution in [1.82, 2.24) is 4.90 Å². The average molecular weight is 557 g/mol. The smallest absolute Gasteiger partial charge is 0.285 e. The van der Waals surface area contributed by atoms with E-state index in [0.29, 0.717) is 25.3 Å². The molecule has 40 heavy (non-hydrogen) atoms. The average Bonchev–Trinajstić information content (AvgIpc) is 3.14. The van der Waals surface area contributed by atoms with E-state index in [0.717, 1.165) is 19.3 Å². The number of amides is 2. The maximum atomic E-state index is 14.0. The first-order valence-corrected chi connectivity index (χ1v) is 14.9. The Balaban J connectivity index is 1.82. The van der Waals surface area contributed by atoms with E-state index < -0.39 is 29.6 Å². The fraction of sp³-hybridized carbons (Fsp3) is 0.750. The van der Waals surface area contributed by atoms with Gasteiger partial charge in [-0.05, 0) is 54.4 Å². The van der Waals surface area contributed by atoms with Crippen LogP contribution in [0.3, 0.4) is 0 Å². The minimum absolute atomic E-state index is 0.0276. The third-order valence-electron chi connectivity index (χ3n) is 9.37. The summed E-state index contributed by atoms with van der Waals surface area (Å²) in [5.74, 6) is -3.40. The van der Waals surface area contributed by atoms with E-state index in [-0.39, 0.29) is 71.6 Å². The molecule has 2 aliphatic carbocycles. The van der Waals surface area contributed by atoms with E-state index in [2.05, 4.69) is 13.8 Å². The van der Waals surface area contributed by atoms with Gasteiger partial charge in [0.15, 0.2) is 11.6 Å². The molecule has 0 radical (unpaired) electrons. The summed E-state index contributed by atoms with van der Waals surface area (Å²) in [6, 6.07) is -0.705. The molecule has 8 heteroatoms.